The molecule has 2 rings (SSSR count). The highest BCUT2D eigenvalue weighted by Gasteiger charge is 2.19. The molecule has 0 bridgehead atoms. The molecule has 0 saturated carbocycles. The van der Waals surface area contributed by atoms with Gasteiger partial charge >= 0.3 is 6.03 Å². The molecule has 0 aromatic carbocycles. The Bertz CT molecular complexity index is 204. The molecule has 2 amide bonds. The second kappa shape index (κ2) is 4.61. The van der Waals surface area contributed by atoms with Gasteiger partial charge in [-0.1, -0.05) is 0 Å². The van der Waals surface area contributed by atoms with Gasteiger partial charge in [0.25, 0.3) is 0 Å². The molecule has 5 heteroatoms. The largest absolute Gasteiger partial charge is 0.380 e. The van der Waals surface area contributed by atoms with Gasteiger partial charge in [-0.3, -0.25) is 0 Å². The van der Waals surface area contributed by atoms with Crippen molar-refractivity contribution in [3.8, 4) is 0 Å². The Morgan fingerprint density at radius 2 is 2.57 bits per heavy atom. The zero-order valence-electron chi connectivity index (χ0n) is 8.29. The standard InChI is InChI=1S/C9H17N3O2/c13-9-11-3-5-12(9)4-2-10-8-1-6-14-7-8/h8,10H,1-7H2,(H,11,13). The monoisotopic (exact) mass is 199 g/mol. The molecule has 2 aliphatic heterocycles. The molecular weight excluding hydrogens is 182 g/mol. The summed E-state index contributed by atoms with van der Waals surface area (Å²) in [7, 11) is 0. The normalized spacial score (nSPS) is 27.0. The molecule has 2 heterocycles. The molecular formula is C9H17N3O2. The van der Waals surface area contributed by atoms with Gasteiger partial charge in [0.2, 0.25) is 0 Å². The molecule has 0 aromatic rings. The highest BCUT2D eigenvalue weighted by Crippen LogP contribution is 2.02. The summed E-state index contributed by atoms with van der Waals surface area (Å²) in [6.45, 7) is 4.95. The number of hydrogen-bond acceptors (Lipinski definition) is 3. The van der Waals surface area contributed by atoms with Crippen LogP contribution < -0.4 is 10.6 Å². The van der Waals surface area contributed by atoms with Gasteiger partial charge in [0.1, 0.15) is 0 Å². The summed E-state index contributed by atoms with van der Waals surface area (Å²) in [6.07, 6.45) is 1.09. The summed E-state index contributed by atoms with van der Waals surface area (Å²) < 4.78 is 5.25. The van der Waals surface area contributed by atoms with Gasteiger partial charge in [0, 0.05) is 38.8 Å². The van der Waals surface area contributed by atoms with Crippen LogP contribution in [0.1, 0.15) is 6.42 Å². The molecule has 2 N–H and O–H groups in total. The quantitative estimate of drug-likeness (QED) is 0.635. The highest BCUT2D eigenvalue weighted by atomic mass is 16.5. The predicted molar refractivity (Wildman–Crippen MR) is 52.2 cm³/mol. The van der Waals surface area contributed by atoms with Gasteiger partial charge in [0.05, 0.1) is 6.61 Å². The number of rotatable bonds is 4. The van der Waals surface area contributed by atoms with Crippen LogP contribution in [0.25, 0.3) is 0 Å². The van der Waals surface area contributed by atoms with Crippen molar-refractivity contribution < 1.29 is 9.53 Å². The van der Waals surface area contributed by atoms with E-state index in [1.807, 2.05) is 4.90 Å². The Labute approximate surface area is 83.8 Å². The Kier molecular flexibility index (Phi) is 3.21. The Hall–Kier alpha value is -0.810. The summed E-state index contributed by atoms with van der Waals surface area (Å²) in [5, 5.41) is 6.16. The molecule has 14 heavy (non-hydrogen) atoms. The van der Waals surface area contributed by atoms with Gasteiger partial charge in [-0.05, 0) is 6.42 Å². The minimum absolute atomic E-state index is 0.0643. The van der Waals surface area contributed by atoms with E-state index in [9.17, 15) is 4.79 Å². The van der Waals surface area contributed by atoms with Crippen LogP contribution in [-0.4, -0.2) is 56.4 Å². The summed E-state index contributed by atoms with van der Waals surface area (Å²) >= 11 is 0. The summed E-state index contributed by atoms with van der Waals surface area (Å²) in [4.78, 5) is 13.0. The van der Waals surface area contributed by atoms with Crippen molar-refractivity contribution in [3.05, 3.63) is 0 Å². The molecule has 0 spiro atoms. The van der Waals surface area contributed by atoms with Crippen LogP contribution >= 0.6 is 0 Å². The fourth-order valence-corrected chi connectivity index (χ4v) is 1.82. The molecule has 0 radical (unpaired) electrons. The fourth-order valence-electron chi connectivity index (χ4n) is 1.82. The van der Waals surface area contributed by atoms with Crippen LogP contribution in [0.5, 0.6) is 0 Å². The average Bonchev–Trinajstić information content (AvgIpc) is 2.78. The van der Waals surface area contributed by atoms with E-state index in [0.29, 0.717) is 6.04 Å². The first-order valence-corrected chi connectivity index (χ1v) is 5.20. The van der Waals surface area contributed by atoms with E-state index in [1.165, 1.54) is 0 Å². The Balaban J connectivity index is 1.60. The third kappa shape index (κ3) is 2.36. The summed E-state index contributed by atoms with van der Waals surface area (Å²) in [5.74, 6) is 0. The highest BCUT2D eigenvalue weighted by molar-refractivity contribution is 5.76. The first-order chi connectivity index (χ1) is 6.86. The first kappa shape index (κ1) is 9.73. The molecule has 1 unspecified atom stereocenters. The number of amides is 2. The maximum Gasteiger partial charge on any atom is 0.317 e. The van der Waals surface area contributed by atoms with Crippen LogP contribution in [0, 0.1) is 0 Å². The number of nitrogens with one attached hydrogen (secondary N) is 2. The van der Waals surface area contributed by atoms with Crippen molar-refractivity contribution in [2.24, 2.45) is 0 Å². The number of urea groups is 1. The topological polar surface area (TPSA) is 53.6 Å². The lowest BCUT2D eigenvalue weighted by Crippen LogP contribution is -2.38. The van der Waals surface area contributed by atoms with E-state index in [2.05, 4.69) is 10.6 Å². The molecule has 80 valence electrons. The third-order valence-corrected chi connectivity index (χ3v) is 2.69. The van der Waals surface area contributed by atoms with Crippen molar-refractivity contribution in [2.45, 2.75) is 12.5 Å². The van der Waals surface area contributed by atoms with Gasteiger partial charge in [0.15, 0.2) is 0 Å². The van der Waals surface area contributed by atoms with Crippen LogP contribution in [0.3, 0.4) is 0 Å². The lowest BCUT2D eigenvalue weighted by atomic mass is 10.2. The second-order valence-corrected chi connectivity index (χ2v) is 3.73. The smallest absolute Gasteiger partial charge is 0.317 e. The van der Waals surface area contributed by atoms with Crippen molar-refractivity contribution >= 4 is 6.03 Å². The number of hydrogen-bond donors (Lipinski definition) is 2. The lowest BCUT2D eigenvalue weighted by Gasteiger charge is -2.16. The molecule has 0 aliphatic carbocycles. The Morgan fingerprint density at radius 3 is 3.21 bits per heavy atom. The summed E-state index contributed by atoms with van der Waals surface area (Å²) in [5.41, 5.74) is 0. The molecule has 1 atom stereocenters. The lowest BCUT2D eigenvalue weighted by molar-refractivity contribution is 0.189. The minimum Gasteiger partial charge on any atom is -0.380 e. The second-order valence-electron chi connectivity index (χ2n) is 3.73. The minimum atomic E-state index is 0.0643. The van der Waals surface area contributed by atoms with Crippen LogP contribution in [-0.2, 0) is 4.74 Å². The van der Waals surface area contributed by atoms with Gasteiger partial charge in [-0.25, -0.2) is 4.79 Å². The number of nitrogens with zero attached hydrogens (tertiary/aromatic N) is 1. The van der Waals surface area contributed by atoms with Crippen LogP contribution in [0.4, 0.5) is 4.79 Å². The Morgan fingerprint density at radius 1 is 1.64 bits per heavy atom. The SMILES string of the molecule is O=C1NCCN1CCNC1CCOC1. The third-order valence-electron chi connectivity index (χ3n) is 2.69. The van der Waals surface area contributed by atoms with Crippen molar-refractivity contribution in [1.29, 1.82) is 0 Å². The predicted octanol–water partition coefficient (Wildman–Crippen LogP) is -0.610. The molecule has 2 fully saturated rings. The number of ether oxygens (including phenoxy) is 1. The summed E-state index contributed by atoms with van der Waals surface area (Å²) in [6, 6.07) is 0.551. The van der Waals surface area contributed by atoms with Crippen molar-refractivity contribution in [1.82, 2.24) is 15.5 Å². The molecule has 5 nitrogen and oxygen atoms in total. The first-order valence-electron chi connectivity index (χ1n) is 5.20. The molecule has 2 saturated heterocycles. The molecule has 2 aliphatic rings. The van der Waals surface area contributed by atoms with Gasteiger partial charge in [-0.2, -0.15) is 0 Å². The molecule has 0 aromatic heterocycles. The fraction of sp³-hybridized carbons (Fsp3) is 0.889. The number of carbonyl (C=O) groups excluding carboxylic acids is 1. The van der Waals surface area contributed by atoms with Crippen molar-refractivity contribution in [2.75, 3.05) is 39.4 Å². The zero-order chi connectivity index (χ0) is 9.80. The van der Waals surface area contributed by atoms with Gasteiger partial charge < -0.3 is 20.3 Å². The van der Waals surface area contributed by atoms with E-state index >= 15 is 0 Å². The van der Waals surface area contributed by atoms with E-state index in [0.717, 1.165) is 45.8 Å². The van der Waals surface area contributed by atoms with E-state index in [4.69, 9.17) is 4.74 Å². The van der Waals surface area contributed by atoms with Gasteiger partial charge in [-0.15, -0.1) is 0 Å². The van der Waals surface area contributed by atoms with Crippen LogP contribution in [0.15, 0.2) is 0 Å². The zero-order valence-corrected chi connectivity index (χ0v) is 8.29. The van der Waals surface area contributed by atoms with E-state index < -0.39 is 0 Å². The maximum atomic E-state index is 11.2. The number of carbonyl (C=O) groups is 1. The van der Waals surface area contributed by atoms with Crippen LogP contribution in [0.2, 0.25) is 0 Å². The van der Waals surface area contributed by atoms with E-state index in [1.54, 1.807) is 0 Å². The van der Waals surface area contributed by atoms with Crippen molar-refractivity contribution in [3.63, 3.8) is 0 Å². The average molecular weight is 199 g/mol. The maximum absolute atomic E-state index is 11.2. The van der Waals surface area contributed by atoms with E-state index in [-0.39, 0.29) is 6.03 Å².